The number of ether oxygens (including phenoxy) is 2. The fraction of sp³-hybridized carbons (Fsp3) is 0.462. The fourth-order valence-electron chi connectivity index (χ4n) is 4.33. The number of benzene rings is 2. The molecule has 3 rings (SSSR count). The Hall–Kier alpha value is -2.97. The van der Waals surface area contributed by atoms with Crippen molar-refractivity contribution in [2.24, 2.45) is 0 Å². The molecule has 184 valence electrons. The lowest BCUT2D eigenvalue weighted by Gasteiger charge is -2.43. The molecule has 34 heavy (non-hydrogen) atoms. The molecular weight excluding hydrogens is 441 g/mol. The Morgan fingerprint density at radius 1 is 1.18 bits per heavy atom. The number of carboxylic acid groups (broad SMARTS) is 1. The monoisotopic (exact) mass is 473 g/mol. The standard InChI is InChI=1S/C26H32FNO6/c1-3-12-33-21-9-4-17(14-25(31)32)13-20(21)23-16-26(2,28-24(30)10-11-29)15-22(34-23)18-5-7-19(27)8-6-18/h4-9,13,22-23,29H,3,10-12,14-16H2,1-2H3,(H,28,30)(H,31,32)/t22-,23+,26-/m0/s1. The van der Waals surface area contributed by atoms with E-state index in [0.717, 1.165) is 12.0 Å². The molecule has 0 unspecified atom stereocenters. The van der Waals surface area contributed by atoms with Crippen molar-refractivity contribution < 1.29 is 33.7 Å². The van der Waals surface area contributed by atoms with Crippen LogP contribution in [0.4, 0.5) is 4.39 Å². The zero-order chi connectivity index (χ0) is 24.7. The molecule has 0 saturated carbocycles. The van der Waals surface area contributed by atoms with Gasteiger partial charge < -0.3 is 25.0 Å². The third kappa shape index (κ3) is 6.77. The van der Waals surface area contributed by atoms with Crippen LogP contribution >= 0.6 is 0 Å². The van der Waals surface area contributed by atoms with Crippen molar-refractivity contribution >= 4 is 11.9 Å². The molecule has 8 heteroatoms. The molecule has 1 aliphatic rings. The SMILES string of the molecule is CCCOc1ccc(CC(=O)O)cc1[C@H]1C[C@@](C)(NC(=O)CCO)C[C@@H](c2ccc(F)cc2)O1. The van der Waals surface area contributed by atoms with Gasteiger partial charge in [0.15, 0.2) is 0 Å². The maximum atomic E-state index is 13.5. The molecule has 3 N–H and O–H groups in total. The van der Waals surface area contributed by atoms with Gasteiger partial charge in [-0.05, 0) is 48.7 Å². The molecule has 1 saturated heterocycles. The van der Waals surface area contributed by atoms with Gasteiger partial charge in [0.25, 0.3) is 0 Å². The van der Waals surface area contributed by atoms with E-state index in [1.165, 1.54) is 12.1 Å². The van der Waals surface area contributed by atoms with Crippen LogP contribution in [-0.2, 0) is 20.7 Å². The number of hydrogen-bond acceptors (Lipinski definition) is 5. The number of carbonyl (C=O) groups excluding carboxylic acids is 1. The lowest BCUT2D eigenvalue weighted by atomic mass is 9.80. The number of rotatable bonds is 10. The Bertz CT molecular complexity index is 995. The van der Waals surface area contributed by atoms with Crippen molar-refractivity contribution in [2.75, 3.05) is 13.2 Å². The summed E-state index contributed by atoms with van der Waals surface area (Å²) in [5.74, 6) is -0.967. The lowest BCUT2D eigenvalue weighted by Crippen LogP contribution is -2.51. The molecule has 2 aromatic rings. The molecule has 1 heterocycles. The predicted octanol–water partition coefficient (Wildman–Crippen LogP) is 4.09. The maximum absolute atomic E-state index is 13.5. The number of amides is 1. The van der Waals surface area contributed by atoms with Gasteiger partial charge in [-0.3, -0.25) is 9.59 Å². The molecule has 1 amide bonds. The number of carboxylic acids is 1. The van der Waals surface area contributed by atoms with Gasteiger partial charge in [0.1, 0.15) is 11.6 Å². The van der Waals surface area contributed by atoms with Crippen molar-refractivity contribution in [2.45, 2.75) is 63.7 Å². The van der Waals surface area contributed by atoms with Crippen LogP contribution in [0, 0.1) is 5.82 Å². The van der Waals surface area contributed by atoms with Crippen LogP contribution in [0.25, 0.3) is 0 Å². The zero-order valence-corrected chi connectivity index (χ0v) is 19.6. The quantitative estimate of drug-likeness (QED) is 0.480. The van der Waals surface area contributed by atoms with Crippen LogP contribution in [0.3, 0.4) is 0 Å². The molecule has 0 bridgehead atoms. The number of aliphatic hydroxyl groups is 1. The number of carbonyl (C=O) groups is 2. The van der Waals surface area contributed by atoms with Crippen LogP contribution in [0.15, 0.2) is 42.5 Å². The summed E-state index contributed by atoms with van der Waals surface area (Å²) >= 11 is 0. The summed E-state index contributed by atoms with van der Waals surface area (Å²) < 4.78 is 26.0. The van der Waals surface area contributed by atoms with Gasteiger partial charge in [0.2, 0.25) is 5.91 Å². The summed E-state index contributed by atoms with van der Waals surface area (Å²) in [6.07, 6.45) is 0.563. The Morgan fingerprint density at radius 2 is 1.88 bits per heavy atom. The van der Waals surface area contributed by atoms with E-state index in [-0.39, 0.29) is 31.2 Å². The first-order chi connectivity index (χ1) is 16.2. The van der Waals surface area contributed by atoms with Gasteiger partial charge in [-0.1, -0.05) is 25.1 Å². The lowest BCUT2D eigenvalue weighted by molar-refractivity contribution is -0.136. The van der Waals surface area contributed by atoms with E-state index in [1.807, 2.05) is 13.8 Å². The van der Waals surface area contributed by atoms with Crippen LogP contribution in [0.1, 0.15) is 68.4 Å². The first-order valence-corrected chi connectivity index (χ1v) is 11.5. The van der Waals surface area contributed by atoms with Crippen molar-refractivity contribution in [1.29, 1.82) is 0 Å². The van der Waals surface area contributed by atoms with Gasteiger partial charge in [-0.2, -0.15) is 0 Å². The second-order valence-electron chi connectivity index (χ2n) is 8.95. The smallest absolute Gasteiger partial charge is 0.307 e. The first kappa shape index (κ1) is 25.6. The van der Waals surface area contributed by atoms with E-state index in [9.17, 15) is 24.2 Å². The molecule has 1 fully saturated rings. The van der Waals surface area contributed by atoms with E-state index in [2.05, 4.69) is 5.32 Å². The summed E-state index contributed by atoms with van der Waals surface area (Å²) in [7, 11) is 0. The van der Waals surface area contributed by atoms with E-state index >= 15 is 0 Å². The molecule has 0 radical (unpaired) electrons. The number of halogens is 1. The van der Waals surface area contributed by atoms with Crippen molar-refractivity contribution in [1.82, 2.24) is 5.32 Å². The molecule has 0 aromatic heterocycles. The minimum Gasteiger partial charge on any atom is -0.493 e. The molecule has 3 atom stereocenters. The summed E-state index contributed by atoms with van der Waals surface area (Å²) in [5.41, 5.74) is 1.41. The Morgan fingerprint density at radius 3 is 2.53 bits per heavy atom. The van der Waals surface area contributed by atoms with E-state index < -0.39 is 23.7 Å². The number of nitrogens with one attached hydrogen (secondary N) is 1. The minimum atomic E-state index is -0.942. The van der Waals surface area contributed by atoms with Crippen LogP contribution in [0.2, 0.25) is 0 Å². The second kappa shape index (κ2) is 11.4. The topological polar surface area (TPSA) is 105 Å². The highest BCUT2D eigenvalue weighted by molar-refractivity contribution is 5.76. The number of aliphatic hydroxyl groups excluding tert-OH is 1. The zero-order valence-electron chi connectivity index (χ0n) is 19.6. The largest absolute Gasteiger partial charge is 0.493 e. The Kier molecular flexibility index (Phi) is 8.63. The van der Waals surface area contributed by atoms with E-state index in [4.69, 9.17) is 9.47 Å². The predicted molar refractivity (Wildman–Crippen MR) is 124 cm³/mol. The fourth-order valence-corrected chi connectivity index (χ4v) is 4.33. The molecule has 1 aliphatic heterocycles. The second-order valence-corrected chi connectivity index (χ2v) is 8.95. The van der Waals surface area contributed by atoms with E-state index in [1.54, 1.807) is 30.3 Å². The van der Waals surface area contributed by atoms with Gasteiger partial charge in [0.05, 0.1) is 31.8 Å². The van der Waals surface area contributed by atoms with Gasteiger partial charge >= 0.3 is 5.97 Å². The average molecular weight is 474 g/mol. The highest BCUT2D eigenvalue weighted by Gasteiger charge is 2.41. The highest BCUT2D eigenvalue weighted by atomic mass is 19.1. The Labute approximate surface area is 198 Å². The third-order valence-corrected chi connectivity index (χ3v) is 5.86. The third-order valence-electron chi connectivity index (χ3n) is 5.86. The highest BCUT2D eigenvalue weighted by Crippen LogP contribution is 2.46. The molecule has 2 aromatic carbocycles. The first-order valence-electron chi connectivity index (χ1n) is 11.5. The van der Waals surface area contributed by atoms with E-state index in [0.29, 0.717) is 36.3 Å². The summed E-state index contributed by atoms with van der Waals surface area (Å²) in [6.45, 7) is 4.15. The van der Waals surface area contributed by atoms with Crippen molar-refractivity contribution in [3.05, 3.63) is 65.0 Å². The molecule has 7 nitrogen and oxygen atoms in total. The van der Waals surface area contributed by atoms with Crippen LogP contribution in [-0.4, -0.2) is 40.8 Å². The molecular formula is C26H32FNO6. The summed E-state index contributed by atoms with van der Waals surface area (Å²) in [5, 5.41) is 21.5. The van der Waals surface area contributed by atoms with Gasteiger partial charge in [0, 0.05) is 30.4 Å². The number of hydrogen-bond donors (Lipinski definition) is 3. The van der Waals surface area contributed by atoms with Gasteiger partial charge in [-0.25, -0.2) is 4.39 Å². The van der Waals surface area contributed by atoms with Crippen LogP contribution in [0.5, 0.6) is 5.75 Å². The van der Waals surface area contributed by atoms with Gasteiger partial charge in [-0.15, -0.1) is 0 Å². The number of aliphatic carboxylic acids is 1. The van der Waals surface area contributed by atoms with Crippen LogP contribution < -0.4 is 10.1 Å². The maximum Gasteiger partial charge on any atom is 0.307 e. The molecule has 0 aliphatic carbocycles. The van der Waals surface area contributed by atoms with Crippen molar-refractivity contribution in [3.63, 3.8) is 0 Å². The molecule has 0 spiro atoms. The Balaban J connectivity index is 2.00. The average Bonchev–Trinajstić information content (AvgIpc) is 2.77. The normalized spacial score (nSPS) is 22.2. The van der Waals surface area contributed by atoms with Crippen molar-refractivity contribution in [3.8, 4) is 5.75 Å². The minimum absolute atomic E-state index is 0.0126. The summed E-state index contributed by atoms with van der Waals surface area (Å²) in [6, 6.07) is 11.3. The summed E-state index contributed by atoms with van der Waals surface area (Å²) in [4.78, 5) is 23.7.